The topological polar surface area (TPSA) is 139 Å². The van der Waals surface area contributed by atoms with Gasteiger partial charge in [-0.15, -0.1) is 0 Å². The summed E-state index contributed by atoms with van der Waals surface area (Å²) in [6.07, 6.45) is 2.98. The van der Waals surface area contributed by atoms with Gasteiger partial charge in [-0.2, -0.15) is 10.5 Å². The van der Waals surface area contributed by atoms with Crippen molar-refractivity contribution in [2.75, 3.05) is 31.7 Å². The molecule has 1 N–H and O–H groups in total. The van der Waals surface area contributed by atoms with E-state index >= 15 is 0 Å². The first-order chi connectivity index (χ1) is 22.8. The largest absolute Gasteiger partial charge is 0.490 e. The summed E-state index contributed by atoms with van der Waals surface area (Å²) in [5, 5.41) is 23.6. The van der Waals surface area contributed by atoms with Crippen LogP contribution in [0.1, 0.15) is 56.1 Å². The van der Waals surface area contributed by atoms with E-state index in [0.717, 1.165) is 5.39 Å². The van der Waals surface area contributed by atoms with Crippen molar-refractivity contribution in [1.29, 1.82) is 10.5 Å². The number of benzene rings is 3. The molecule has 5 rings (SSSR count). The van der Waals surface area contributed by atoms with Gasteiger partial charge in [-0.1, -0.05) is 23.7 Å². The van der Waals surface area contributed by atoms with Crippen LogP contribution >= 0.6 is 11.6 Å². The quantitative estimate of drug-likeness (QED) is 0.138. The van der Waals surface area contributed by atoms with Gasteiger partial charge in [-0.3, -0.25) is 14.8 Å². The van der Waals surface area contributed by atoms with Crippen molar-refractivity contribution in [3.63, 3.8) is 0 Å². The van der Waals surface area contributed by atoms with Gasteiger partial charge in [-0.05, 0) is 58.9 Å². The molecule has 5 aromatic rings. The lowest BCUT2D eigenvalue weighted by atomic mass is 10.1. The van der Waals surface area contributed by atoms with Crippen LogP contribution in [0, 0.1) is 22.7 Å². The minimum absolute atomic E-state index is 0.0243. The molecule has 3 aromatic carbocycles. The van der Waals surface area contributed by atoms with E-state index in [4.69, 9.17) is 35.8 Å². The minimum atomic E-state index is -0.0243. The van der Waals surface area contributed by atoms with Gasteiger partial charge in [0.15, 0.2) is 28.8 Å². The van der Waals surface area contributed by atoms with Crippen LogP contribution in [0.3, 0.4) is 0 Å². The molecular formula is C36H34ClN5O5. The van der Waals surface area contributed by atoms with Crippen LogP contribution in [0.5, 0.6) is 23.0 Å². The lowest BCUT2D eigenvalue weighted by Crippen LogP contribution is -2.02. The molecule has 2 aromatic heterocycles. The van der Waals surface area contributed by atoms with Crippen LogP contribution in [0.4, 0.5) is 11.4 Å². The molecule has 0 bridgehead atoms. The van der Waals surface area contributed by atoms with E-state index in [1.807, 2.05) is 52.0 Å². The number of nitriles is 2. The predicted octanol–water partition coefficient (Wildman–Crippen LogP) is 8.41. The molecule has 11 heteroatoms. The normalized spacial score (nSPS) is 10.3. The molecule has 0 aliphatic heterocycles. The average molecular weight is 652 g/mol. The highest BCUT2D eigenvalue weighted by Crippen LogP contribution is 2.38. The Kier molecular flexibility index (Phi) is 11.8. The summed E-state index contributed by atoms with van der Waals surface area (Å²) in [6.45, 7) is 11.2. The Balaban J connectivity index is 0.000000229. The smallest absolute Gasteiger partial charge is 0.163 e. The van der Waals surface area contributed by atoms with E-state index in [-0.39, 0.29) is 5.78 Å². The highest BCUT2D eigenvalue weighted by molar-refractivity contribution is 6.36. The van der Waals surface area contributed by atoms with Crippen LogP contribution in [0.25, 0.3) is 21.8 Å². The summed E-state index contributed by atoms with van der Waals surface area (Å²) in [4.78, 5) is 20.3. The van der Waals surface area contributed by atoms with Crippen LogP contribution in [-0.4, -0.2) is 42.2 Å². The third-order valence-electron chi connectivity index (χ3n) is 6.78. The third kappa shape index (κ3) is 7.99. The molecule has 0 unspecified atom stereocenters. The van der Waals surface area contributed by atoms with Gasteiger partial charge in [0.1, 0.15) is 12.1 Å². The lowest BCUT2D eigenvalue weighted by Gasteiger charge is -2.16. The zero-order valence-corrected chi connectivity index (χ0v) is 27.6. The Morgan fingerprint density at radius 3 is 1.74 bits per heavy atom. The Morgan fingerprint density at radius 1 is 0.745 bits per heavy atom. The van der Waals surface area contributed by atoms with Gasteiger partial charge < -0.3 is 24.3 Å². The maximum Gasteiger partial charge on any atom is 0.163 e. The van der Waals surface area contributed by atoms with Gasteiger partial charge in [0.05, 0.1) is 59.3 Å². The van der Waals surface area contributed by atoms with E-state index in [0.29, 0.717) is 98.9 Å². The van der Waals surface area contributed by atoms with Gasteiger partial charge in [0.25, 0.3) is 0 Å². The highest BCUT2D eigenvalue weighted by Gasteiger charge is 2.16. The molecule has 0 radical (unpaired) electrons. The first kappa shape index (κ1) is 34.3. The molecule has 0 aliphatic rings. The Hall–Kier alpha value is -5.58. The summed E-state index contributed by atoms with van der Waals surface area (Å²) >= 11 is 6.18. The zero-order chi connectivity index (χ0) is 33.9. The number of fused-ring (bicyclic) bond motifs is 2. The molecule has 0 saturated carbocycles. The minimum Gasteiger partial charge on any atom is -0.490 e. The number of hydrogen-bond donors (Lipinski definition) is 1. The molecule has 10 nitrogen and oxygen atoms in total. The van der Waals surface area contributed by atoms with Crippen molar-refractivity contribution in [1.82, 2.24) is 9.97 Å². The van der Waals surface area contributed by atoms with Crippen molar-refractivity contribution >= 4 is 50.6 Å². The zero-order valence-electron chi connectivity index (χ0n) is 26.8. The Bertz CT molecular complexity index is 2000. The number of carbonyl (C=O) groups is 1. The molecule has 2 heterocycles. The monoisotopic (exact) mass is 651 g/mol. The number of halogens is 1. The summed E-state index contributed by atoms with van der Waals surface area (Å²) < 4.78 is 22.4. The summed E-state index contributed by atoms with van der Waals surface area (Å²) in [5.74, 6) is 2.41. The third-order valence-corrected chi connectivity index (χ3v) is 7.19. The number of nitrogens with zero attached hydrogens (tertiary/aromatic N) is 4. The van der Waals surface area contributed by atoms with E-state index < -0.39 is 0 Å². The predicted molar refractivity (Wildman–Crippen MR) is 182 cm³/mol. The number of aromatic nitrogens is 2. The van der Waals surface area contributed by atoms with Crippen molar-refractivity contribution < 1.29 is 23.7 Å². The van der Waals surface area contributed by atoms with E-state index in [9.17, 15) is 10.1 Å². The number of ketones is 1. The average Bonchev–Trinajstić information content (AvgIpc) is 3.07. The molecule has 0 saturated heterocycles. The summed E-state index contributed by atoms with van der Waals surface area (Å²) in [7, 11) is 0. The summed E-state index contributed by atoms with van der Waals surface area (Å²) in [6, 6.07) is 18.5. The van der Waals surface area contributed by atoms with Crippen LogP contribution in [0.15, 0.2) is 60.9 Å². The second-order valence-electron chi connectivity index (χ2n) is 9.88. The van der Waals surface area contributed by atoms with Gasteiger partial charge >= 0.3 is 0 Å². The van der Waals surface area contributed by atoms with Crippen molar-refractivity contribution in [3.05, 3.63) is 82.6 Å². The Labute approximate surface area is 278 Å². The first-order valence-electron chi connectivity index (χ1n) is 15.1. The molecule has 0 spiro atoms. The molecule has 0 fully saturated rings. The van der Waals surface area contributed by atoms with Crippen molar-refractivity contribution in [2.24, 2.45) is 0 Å². The highest BCUT2D eigenvalue weighted by atomic mass is 35.5. The number of rotatable bonds is 11. The van der Waals surface area contributed by atoms with Crippen molar-refractivity contribution in [3.8, 4) is 35.1 Å². The number of Topliss-reactive ketones (excluding diaryl/α,β-unsaturated/α-hetero) is 1. The van der Waals surface area contributed by atoms with Crippen molar-refractivity contribution in [2.45, 2.75) is 34.6 Å². The van der Waals surface area contributed by atoms with E-state index in [1.165, 1.54) is 19.3 Å². The fraction of sp³-hybridized carbons (Fsp3) is 0.250. The number of pyridine rings is 2. The maximum absolute atomic E-state index is 11.7. The fourth-order valence-corrected chi connectivity index (χ4v) is 4.94. The second kappa shape index (κ2) is 16.1. The van der Waals surface area contributed by atoms with Gasteiger partial charge in [0.2, 0.25) is 0 Å². The molecular weight excluding hydrogens is 618 g/mol. The number of anilines is 2. The standard InChI is InChI=1S/C22H21N3O3.C14H13ClN2O2/c1-4-27-20-10-18-19(11-21(20)28-5-2)24-13-16(12-23)22(18)25-17-8-6-7-15(9-17)14(3)26;1-3-18-12-5-10-11(6-13(12)19-4-2)17-8-9(7-16)14(10)15/h6-11,13H,4-5H2,1-3H3,(H,24,25);5-6,8H,3-4H2,1-2H3. The van der Waals surface area contributed by atoms with Crippen LogP contribution < -0.4 is 24.3 Å². The molecule has 240 valence electrons. The number of hydrogen-bond acceptors (Lipinski definition) is 10. The second-order valence-corrected chi connectivity index (χ2v) is 10.3. The molecule has 0 amide bonds. The Morgan fingerprint density at radius 2 is 1.23 bits per heavy atom. The number of carbonyl (C=O) groups excluding carboxylic acids is 1. The fourth-order valence-electron chi connectivity index (χ4n) is 4.70. The lowest BCUT2D eigenvalue weighted by molar-refractivity contribution is 0.101. The molecule has 47 heavy (non-hydrogen) atoms. The van der Waals surface area contributed by atoms with E-state index in [1.54, 1.807) is 30.3 Å². The number of ether oxygens (including phenoxy) is 4. The molecule has 0 atom stereocenters. The maximum atomic E-state index is 11.7. The molecule has 0 aliphatic carbocycles. The SMILES string of the molecule is CCOc1cc2ncc(C#N)c(Cl)c2cc1OCC.CCOc1cc2ncc(C#N)c(Nc3cccc(C(C)=O)c3)c2cc1OCC. The summed E-state index contributed by atoms with van der Waals surface area (Å²) in [5.41, 5.74) is 4.01. The number of nitrogens with one attached hydrogen (secondary N) is 1. The first-order valence-corrected chi connectivity index (χ1v) is 15.4. The van der Waals surface area contributed by atoms with Gasteiger partial charge in [-0.25, -0.2) is 0 Å². The van der Waals surface area contributed by atoms with Crippen LogP contribution in [0.2, 0.25) is 5.02 Å². The van der Waals surface area contributed by atoms with Gasteiger partial charge in [0, 0.05) is 46.5 Å². The van der Waals surface area contributed by atoms with E-state index in [2.05, 4.69) is 21.4 Å². The van der Waals surface area contributed by atoms with Crippen LogP contribution in [-0.2, 0) is 0 Å².